The number of amides is 1. The molecule has 0 aliphatic rings. The highest BCUT2D eigenvalue weighted by atomic mass is 32.1. The van der Waals surface area contributed by atoms with Gasteiger partial charge in [-0.1, -0.05) is 95.3 Å². The number of hydrogen-bond acceptors (Lipinski definition) is 5. The fraction of sp³-hybridized carbons (Fsp3) is 0.0741. The maximum Gasteiger partial charge on any atom is 0.256 e. The van der Waals surface area contributed by atoms with Crippen molar-refractivity contribution in [1.82, 2.24) is 4.98 Å². The second kappa shape index (κ2) is 10.5. The molecule has 2 N–H and O–H groups in total. The van der Waals surface area contributed by atoms with E-state index in [0.717, 1.165) is 22.3 Å². The second-order valence-corrected chi connectivity index (χ2v) is 8.54. The molecule has 0 saturated heterocycles. The van der Waals surface area contributed by atoms with E-state index in [4.69, 9.17) is 0 Å². The third-order valence-electron chi connectivity index (χ3n) is 4.90. The number of hydrogen-bond donors (Lipinski definition) is 2. The topological polar surface area (TPSA) is 66.4 Å². The van der Waals surface area contributed by atoms with Crippen LogP contribution in [0.2, 0.25) is 0 Å². The molecule has 3 aromatic carbocycles. The molecule has 1 amide bonds. The minimum atomic E-state index is -0.173. The van der Waals surface area contributed by atoms with Crippen LogP contribution in [-0.4, -0.2) is 17.1 Å². The lowest BCUT2D eigenvalue weighted by atomic mass is 10.1. The summed E-state index contributed by atoms with van der Waals surface area (Å²) in [5, 5.41) is 8.51. The van der Waals surface area contributed by atoms with Crippen LogP contribution in [0.3, 0.4) is 0 Å². The van der Waals surface area contributed by atoms with E-state index < -0.39 is 0 Å². The first-order valence-corrected chi connectivity index (χ1v) is 11.4. The lowest BCUT2D eigenvalue weighted by molar-refractivity contribution is 0.102. The maximum absolute atomic E-state index is 12.8. The molecule has 0 bridgehead atoms. The zero-order chi connectivity index (χ0) is 23.0. The number of carbonyl (C=O) groups excluding carboxylic acids is 1. The average Bonchev–Trinajstić information content (AvgIpc) is 3.22. The Bertz CT molecular complexity index is 1270. The van der Waals surface area contributed by atoms with Gasteiger partial charge < -0.3 is 5.32 Å². The normalized spacial score (nSPS) is 11.2. The molecule has 0 radical (unpaired) electrons. The van der Waals surface area contributed by atoms with Gasteiger partial charge in [-0.2, -0.15) is 5.10 Å². The fourth-order valence-corrected chi connectivity index (χ4v) is 3.93. The van der Waals surface area contributed by atoms with Gasteiger partial charge in [0.05, 0.1) is 0 Å². The van der Waals surface area contributed by atoms with Crippen LogP contribution in [0.1, 0.15) is 27.0 Å². The number of thiazole rings is 1. The number of carbonyl (C=O) groups is 1. The molecule has 0 atom stereocenters. The standard InChI is InChI=1S/C27H24N4OS/c1-19-10-14-22(15-11-19)24-26(30-25(32)23-16-12-20(2)13-17-23)33-27(29-24)31-28-18-6-9-21-7-4-3-5-8-21/h3-18H,1-2H3,(H,29,31)(H,30,32)/b9-6+,28-18-. The Labute approximate surface area is 197 Å². The van der Waals surface area contributed by atoms with Crippen molar-refractivity contribution in [1.29, 1.82) is 0 Å². The third-order valence-corrected chi connectivity index (χ3v) is 5.78. The van der Waals surface area contributed by atoms with Crippen molar-refractivity contribution < 1.29 is 4.79 Å². The second-order valence-electron chi connectivity index (χ2n) is 7.54. The molecule has 33 heavy (non-hydrogen) atoms. The van der Waals surface area contributed by atoms with Gasteiger partial charge in [0.1, 0.15) is 10.7 Å². The van der Waals surface area contributed by atoms with Gasteiger partial charge in [0.15, 0.2) is 0 Å². The first-order chi connectivity index (χ1) is 16.1. The molecule has 0 saturated carbocycles. The van der Waals surface area contributed by atoms with Crippen LogP contribution in [0.15, 0.2) is 90.0 Å². The number of hydrazone groups is 1. The highest BCUT2D eigenvalue weighted by molar-refractivity contribution is 7.20. The highest BCUT2D eigenvalue weighted by Crippen LogP contribution is 2.36. The lowest BCUT2D eigenvalue weighted by Gasteiger charge is -2.06. The Morgan fingerprint density at radius 2 is 1.58 bits per heavy atom. The molecule has 0 spiro atoms. The SMILES string of the molecule is Cc1ccc(C(=O)Nc2sc(N/N=C\C=C\c3ccccc3)nc2-c2ccc(C)cc2)cc1. The molecule has 0 unspecified atom stereocenters. The summed E-state index contributed by atoms with van der Waals surface area (Å²) in [4.78, 5) is 17.5. The Morgan fingerprint density at radius 3 is 2.27 bits per heavy atom. The highest BCUT2D eigenvalue weighted by Gasteiger charge is 2.16. The van der Waals surface area contributed by atoms with Crippen molar-refractivity contribution in [2.45, 2.75) is 13.8 Å². The van der Waals surface area contributed by atoms with Gasteiger partial charge in [0.2, 0.25) is 5.13 Å². The van der Waals surface area contributed by atoms with E-state index in [1.54, 1.807) is 6.21 Å². The summed E-state index contributed by atoms with van der Waals surface area (Å²) in [6, 6.07) is 25.6. The largest absolute Gasteiger partial charge is 0.312 e. The zero-order valence-corrected chi connectivity index (χ0v) is 19.3. The molecule has 164 valence electrons. The van der Waals surface area contributed by atoms with Crippen molar-refractivity contribution in [3.63, 3.8) is 0 Å². The number of nitrogens with zero attached hydrogens (tertiary/aromatic N) is 2. The maximum atomic E-state index is 12.8. The average molecular weight is 453 g/mol. The van der Waals surface area contributed by atoms with Crippen molar-refractivity contribution in [2.24, 2.45) is 5.10 Å². The van der Waals surface area contributed by atoms with Crippen molar-refractivity contribution in [3.8, 4) is 11.3 Å². The van der Waals surface area contributed by atoms with Gasteiger partial charge in [0, 0.05) is 17.3 Å². The molecule has 5 nitrogen and oxygen atoms in total. The van der Waals surface area contributed by atoms with Crippen molar-refractivity contribution >= 4 is 39.7 Å². The predicted molar refractivity (Wildman–Crippen MR) is 139 cm³/mol. The molecule has 6 heteroatoms. The summed E-state index contributed by atoms with van der Waals surface area (Å²) in [6.07, 6.45) is 5.50. The van der Waals surface area contributed by atoms with E-state index in [1.807, 2.05) is 105 Å². The summed E-state index contributed by atoms with van der Waals surface area (Å²) >= 11 is 1.35. The van der Waals surface area contributed by atoms with Gasteiger partial charge in [-0.05, 0) is 37.6 Å². The number of anilines is 2. The number of allylic oxidation sites excluding steroid dienone is 1. The first kappa shape index (κ1) is 22.2. The fourth-order valence-electron chi connectivity index (χ4n) is 3.09. The van der Waals surface area contributed by atoms with Crippen molar-refractivity contribution in [2.75, 3.05) is 10.7 Å². The van der Waals surface area contributed by atoms with Crippen molar-refractivity contribution in [3.05, 3.63) is 107 Å². The quantitative estimate of drug-likeness (QED) is 0.240. The van der Waals surface area contributed by atoms with Crippen LogP contribution in [-0.2, 0) is 0 Å². The third kappa shape index (κ3) is 6.02. The van der Waals surface area contributed by atoms with E-state index >= 15 is 0 Å². The molecule has 1 aromatic heterocycles. The smallest absolute Gasteiger partial charge is 0.256 e. The molecule has 0 aliphatic carbocycles. The summed E-state index contributed by atoms with van der Waals surface area (Å²) in [5.41, 5.74) is 8.57. The molecule has 0 fully saturated rings. The van der Waals surface area contributed by atoms with Crippen LogP contribution < -0.4 is 10.7 Å². The summed E-state index contributed by atoms with van der Waals surface area (Å²) < 4.78 is 0. The number of benzene rings is 3. The lowest BCUT2D eigenvalue weighted by Crippen LogP contribution is -2.11. The van der Waals surface area contributed by atoms with Gasteiger partial charge in [-0.3, -0.25) is 10.2 Å². The predicted octanol–water partition coefficient (Wildman–Crippen LogP) is 6.79. The van der Waals surface area contributed by atoms with E-state index in [-0.39, 0.29) is 5.91 Å². The minimum absolute atomic E-state index is 0.173. The Morgan fingerprint density at radius 1 is 0.909 bits per heavy atom. The monoisotopic (exact) mass is 452 g/mol. The van der Waals surface area contributed by atoms with Crippen LogP contribution >= 0.6 is 11.3 Å². The number of aromatic nitrogens is 1. The summed E-state index contributed by atoms with van der Waals surface area (Å²) in [6.45, 7) is 4.03. The first-order valence-electron chi connectivity index (χ1n) is 10.6. The summed E-state index contributed by atoms with van der Waals surface area (Å²) in [7, 11) is 0. The molecule has 0 aliphatic heterocycles. The zero-order valence-electron chi connectivity index (χ0n) is 18.4. The molecular weight excluding hydrogens is 428 g/mol. The molecule has 4 rings (SSSR count). The molecular formula is C27H24N4OS. The number of nitrogens with one attached hydrogen (secondary N) is 2. The molecule has 4 aromatic rings. The summed E-state index contributed by atoms with van der Waals surface area (Å²) in [5.74, 6) is -0.173. The number of rotatable bonds is 7. The van der Waals surface area contributed by atoms with Crippen LogP contribution in [0.5, 0.6) is 0 Å². The van der Waals surface area contributed by atoms with Gasteiger partial charge >= 0.3 is 0 Å². The Kier molecular flexibility index (Phi) is 7.07. The Balaban J connectivity index is 1.53. The molecule has 1 heterocycles. The van der Waals surface area contributed by atoms with E-state index in [1.165, 1.54) is 11.3 Å². The number of aryl methyl sites for hydroxylation is 2. The van der Waals surface area contributed by atoms with Gasteiger partial charge in [-0.15, -0.1) is 0 Å². The van der Waals surface area contributed by atoms with E-state index in [9.17, 15) is 4.79 Å². The van der Waals surface area contributed by atoms with Crippen LogP contribution in [0, 0.1) is 13.8 Å². The van der Waals surface area contributed by atoms with Gasteiger partial charge in [-0.25, -0.2) is 4.98 Å². The Hall–Kier alpha value is -4.03. The van der Waals surface area contributed by atoms with E-state index in [2.05, 4.69) is 20.8 Å². The van der Waals surface area contributed by atoms with Crippen LogP contribution in [0.4, 0.5) is 10.1 Å². The van der Waals surface area contributed by atoms with Gasteiger partial charge in [0.25, 0.3) is 5.91 Å². The van der Waals surface area contributed by atoms with Crippen LogP contribution in [0.25, 0.3) is 17.3 Å². The van der Waals surface area contributed by atoms with E-state index in [0.29, 0.717) is 21.4 Å². The minimum Gasteiger partial charge on any atom is -0.312 e.